The maximum atomic E-state index is 6.87. The van der Waals surface area contributed by atoms with Crippen LogP contribution in [-0.2, 0) is 14.9 Å². The summed E-state index contributed by atoms with van der Waals surface area (Å²) in [7, 11) is -0.501. The minimum absolute atomic E-state index is 0.122. The lowest BCUT2D eigenvalue weighted by Crippen LogP contribution is -2.63. The van der Waals surface area contributed by atoms with E-state index in [2.05, 4.69) is 142 Å². The van der Waals surface area contributed by atoms with Gasteiger partial charge in [-0.3, -0.25) is 0 Å². The van der Waals surface area contributed by atoms with Crippen molar-refractivity contribution in [3.8, 4) is 0 Å². The zero-order chi connectivity index (χ0) is 24.4. The molecule has 4 heteroatoms. The molecule has 1 heterocycles. The first kappa shape index (κ1) is 23.6. The number of nitrogens with zero attached hydrogens (tertiary/aromatic N) is 1. The molecular weight excluding hydrogens is 429 g/mol. The van der Waals surface area contributed by atoms with Crippen LogP contribution in [0, 0.1) is 13.8 Å². The first-order valence-electron chi connectivity index (χ1n) is 12.3. The fourth-order valence-corrected chi connectivity index (χ4v) is 4.91. The predicted octanol–water partition coefficient (Wildman–Crippen LogP) is 6.36. The maximum Gasteiger partial charge on any atom is 0.511 e. The zero-order valence-corrected chi connectivity index (χ0v) is 20.9. The topological polar surface area (TPSA) is 21.7 Å². The number of hydroxylamine groups is 2. The second-order valence-corrected chi connectivity index (χ2v) is 9.69. The van der Waals surface area contributed by atoms with Crippen LogP contribution < -0.4 is 5.46 Å². The Hall–Kier alpha value is -3.18. The molecule has 4 aromatic carbocycles. The monoisotopic (exact) mass is 461 g/mol. The van der Waals surface area contributed by atoms with Gasteiger partial charge in [-0.2, -0.15) is 5.06 Å². The van der Waals surface area contributed by atoms with Crippen molar-refractivity contribution in [1.29, 1.82) is 0 Å². The summed E-state index contributed by atoms with van der Waals surface area (Å²) in [6.45, 7) is 8.60. The minimum Gasteiger partial charge on any atom is -0.402 e. The maximum absolute atomic E-state index is 6.87. The van der Waals surface area contributed by atoms with Gasteiger partial charge in [0.05, 0.1) is 17.7 Å². The van der Waals surface area contributed by atoms with Crippen molar-refractivity contribution >= 4 is 12.6 Å². The summed E-state index contributed by atoms with van der Waals surface area (Å²) in [4.78, 5) is 0. The van der Waals surface area contributed by atoms with Gasteiger partial charge >= 0.3 is 7.12 Å². The van der Waals surface area contributed by atoms with Crippen LogP contribution in [0.5, 0.6) is 0 Å². The Bertz CT molecular complexity index is 1210. The van der Waals surface area contributed by atoms with Crippen molar-refractivity contribution in [2.24, 2.45) is 0 Å². The Labute approximate surface area is 209 Å². The SMILES string of the molecule is Cc1ccc(B2OC(C)C(C)(c3ccc(C)cc3)N(C(c3ccccc3)c3ccccc3)O2)cc1. The van der Waals surface area contributed by atoms with E-state index >= 15 is 0 Å². The van der Waals surface area contributed by atoms with Crippen LogP contribution in [0.4, 0.5) is 0 Å². The summed E-state index contributed by atoms with van der Waals surface area (Å²) in [6.07, 6.45) is -0.139. The average Bonchev–Trinajstić information content (AvgIpc) is 2.89. The van der Waals surface area contributed by atoms with Crippen molar-refractivity contribution in [1.82, 2.24) is 5.06 Å². The highest BCUT2D eigenvalue weighted by Gasteiger charge is 2.52. The first-order chi connectivity index (χ1) is 17.0. The van der Waals surface area contributed by atoms with Crippen LogP contribution >= 0.6 is 0 Å². The molecule has 2 atom stereocenters. The zero-order valence-electron chi connectivity index (χ0n) is 20.9. The quantitative estimate of drug-likeness (QED) is 0.323. The van der Waals surface area contributed by atoms with Crippen molar-refractivity contribution in [3.63, 3.8) is 0 Å². The summed E-state index contributed by atoms with van der Waals surface area (Å²) in [5.41, 5.74) is 6.43. The van der Waals surface area contributed by atoms with Crippen LogP contribution in [0.1, 0.15) is 47.7 Å². The van der Waals surface area contributed by atoms with E-state index in [4.69, 9.17) is 9.41 Å². The molecule has 0 bridgehead atoms. The molecule has 5 rings (SSSR count). The van der Waals surface area contributed by atoms with Gasteiger partial charge in [-0.25, -0.2) is 0 Å². The van der Waals surface area contributed by atoms with Gasteiger partial charge in [0.25, 0.3) is 0 Å². The third-order valence-corrected chi connectivity index (χ3v) is 7.24. The average molecular weight is 461 g/mol. The molecule has 35 heavy (non-hydrogen) atoms. The molecule has 0 aliphatic carbocycles. The standard InChI is InChI=1S/C31H32BNO2/c1-23-15-19-28(20-16-23)31(4)25(3)34-32(29-21-17-24(2)18-22-29)35-33(31)30(26-11-7-5-8-12-26)27-13-9-6-10-14-27/h5-22,25,30H,1-4H3. The molecular formula is C31H32BNO2. The first-order valence-corrected chi connectivity index (χ1v) is 12.3. The molecule has 1 fully saturated rings. The van der Waals surface area contributed by atoms with Crippen molar-refractivity contribution in [2.45, 2.75) is 45.4 Å². The molecule has 0 saturated carbocycles. The van der Waals surface area contributed by atoms with Gasteiger partial charge in [-0.15, -0.1) is 0 Å². The highest BCUT2D eigenvalue weighted by atomic mass is 16.7. The normalized spacial score (nSPS) is 20.8. The fourth-order valence-electron chi connectivity index (χ4n) is 4.91. The lowest BCUT2D eigenvalue weighted by Gasteiger charge is -2.53. The van der Waals surface area contributed by atoms with Gasteiger partial charge in [0, 0.05) is 0 Å². The molecule has 0 radical (unpaired) electrons. The number of hydrogen-bond acceptors (Lipinski definition) is 3. The summed E-state index contributed by atoms with van der Waals surface area (Å²) < 4.78 is 13.5. The van der Waals surface area contributed by atoms with E-state index in [9.17, 15) is 0 Å². The van der Waals surface area contributed by atoms with Crippen molar-refractivity contribution in [2.75, 3.05) is 0 Å². The highest BCUT2D eigenvalue weighted by Crippen LogP contribution is 2.45. The van der Waals surface area contributed by atoms with E-state index in [1.807, 2.05) is 0 Å². The van der Waals surface area contributed by atoms with E-state index in [-0.39, 0.29) is 12.1 Å². The molecule has 1 aliphatic heterocycles. The van der Waals surface area contributed by atoms with E-state index < -0.39 is 12.7 Å². The van der Waals surface area contributed by atoms with Crippen molar-refractivity contribution < 1.29 is 9.41 Å². The van der Waals surface area contributed by atoms with Crippen LogP contribution in [0.3, 0.4) is 0 Å². The van der Waals surface area contributed by atoms with Crippen LogP contribution in [-0.4, -0.2) is 18.3 Å². The summed E-state index contributed by atoms with van der Waals surface area (Å²) in [5, 5.41) is 2.18. The third-order valence-electron chi connectivity index (χ3n) is 7.24. The van der Waals surface area contributed by atoms with Gasteiger partial charge in [0.1, 0.15) is 0 Å². The second-order valence-electron chi connectivity index (χ2n) is 9.69. The largest absolute Gasteiger partial charge is 0.511 e. The number of rotatable bonds is 5. The van der Waals surface area contributed by atoms with Gasteiger partial charge < -0.3 is 9.41 Å². The van der Waals surface area contributed by atoms with Gasteiger partial charge in [-0.1, -0.05) is 120 Å². The van der Waals surface area contributed by atoms with E-state index in [0.29, 0.717) is 0 Å². The Morgan fingerprint density at radius 1 is 0.714 bits per heavy atom. The number of hydrogen-bond donors (Lipinski definition) is 0. The lowest BCUT2D eigenvalue weighted by molar-refractivity contribution is -0.242. The predicted molar refractivity (Wildman–Crippen MR) is 143 cm³/mol. The molecule has 0 amide bonds. The molecule has 2 unspecified atom stereocenters. The lowest BCUT2D eigenvalue weighted by atomic mass is 9.74. The molecule has 1 saturated heterocycles. The molecule has 0 N–H and O–H groups in total. The van der Waals surface area contributed by atoms with E-state index in [1.54, 1.807) is 0 Å². The smallest absolute Gasteiger partial charge is 0.402 e. The Morgan fingerprint density at radius 2 is 1.20 bits per heavy atom. The van der Waals surface area contributed by atoms with Crippen LogP contribution in [0.15, 0.2) is 109 Å². The molecule has 4 aromatic rings. The van der Waals surface area contributed by atoms with E-state index in [1.165, 1.54) is 22.3 Å². The molecule has 0 aromatic heterocycles. The Balaban J connectivity index is 1.68. The Morgan fingerprint density at radius 3 is 1.71 bits per heavy atom. The van der Waals surface area contributed by atoms with Gasteiger partial charge in [0.15, 0.2) is 0 Å². The fraction of sp³-hybridized carbons (Fsp3) is 0.226. The summed E-state index contributed by atoms with van der Waals surface area (Å²) in [5.74, 6) is 0. The molecule has 1 aliphatic rings. The van der Waals surface area contributed by atoms with Gasteiger partial charge in [0.2, 0.25) is 0 Å². The Kier molecular flexibility index (Phi) is 6.61. The minimum atomic E-state index is -0.536. The highest BCUT2D eigenvalue weighted by molar-refractivity contribution is 6.61. The number of benzene rings is 4. The van der Waals surface area contributed by atoms with Crippen LogP contribution in [0.25, 0.3) is 0 Å². The summed E-state index contributed by atoms with van der Waals surface area (Å²) in [6, 6.07) is 38.2. The second kappa shape index (κ2) is 9.83. The molecule has 0 spiro atoms. The molecule has 176 valence electrons. The molecule has 3 nitrogen and oxygen atoms in total. The number of aryl methyl sites for hydroxylation is 2. The van der Waals surface area contributed by atoms with E-state index in [0.717, 1.165) is 11.0 Å². The summed E-state index contributed by atoms with van der Waals surface area (Å²) >= 11 is 0. The van der Waals surface area contributed by atoms with Crippen molar-refractivity contribution in [3.05, 3.63) is 137 Å². The van der Waals surface area contributed by atoms with Gasteiger partial charge in [-0.05, 0) is 49.8 Å². The van der Waals surface area contributed by atoms with Crippen LogP contribution in [0.2, 0.25) is 0 Å². The third kappa shape index (κ3) is 4.57.